The van der Waals surface area contributed by atoms with Gasteiger partial charge in [0.25, 0.3) is 0 Å². The van der Waals surface area contributed by atoms with Crippen molar-refractivity contribution in [3.63, 3.8) is 0 Å². The summed E-state index contributed by atoms with van der Waals surface area (Å²) in [5.41, 5.74) is 2.34. The first-order valence-electron chi connectivity index (χ1n) is 11.4. The molecule has 2 saturated heterocycles. The van der Waals surface area contributed by atoms with Crippen molar-refractivity contribution in [1.29, 1.82) is 0 Å². The summed E-state index contributed by atoms with van der Waals surface area (Å²) in [4.78, 5) is 36.5. The third kappa shape index (κ3) is 3.90. The lowest BCUT2D eigenvalue weighted by Gasteiger charge is -2.50. The predicted octanol–water partition coefficient (Wildman–Crippen LogP) is 3.90. The average molecular weight is 435 g/mol. The zero-order valence-corrected chi connectivity index (χ0v) is 19.4. The summed E-state index contributed by atoms with van der Waals surface area (Å²) in [6, 6.07) is 0. The number of ether oxygens (including phenoxy) is 4. The highest BCUT2D eigenvalue weighted by Crippen LogP contribution is 2.59. The summed E-state index contributed by atoms with van der Waals surface area (Å²) in [5, 5.41) is 0. The van der Waals surface area contributed by atoms with Crippen LogP contribution >= 0.6 is 0 Å². The Hall–Kier alpha value is -1.89. The van der Waals surface area contributed by atoms with E-state index in [1.165, 1.54) is 25.8 Å². The molecule has 31 heavy (non-hydrogen) atoms. The van der Waals surface area contributed by atoms with E-state index in [1.54, 1.807) is 0 Å². The van der Waals surface area contributed by atoms with Gasteiger partial charge >= 0.3 is 17.9 Å². The first-order chi connectivity index (χ1) is 14.4. The maximum absolute atomic E-state index is 12.8. The minimum atomic E-state index is -0.915. The monoisotopic (exact) mass is 434 g/mol. The molecule has 4 aliphatic rings. The Balaban J connectivity index is 1.84. The molecule has 7 nitrogen and oxygen atoms in total. The molecular weight excluding hydrogens is 400 g/mol. The second-order valence-corrected chi connectivity index (χ2v) is 10.8. The normalized spacial score (nSPS) is 41.3. The van der Waals surface area contributed by atoms with Gasteiger partial charge in [-0.2, -0.15) is 0 Å². The summed E-state index contributed by atoms with van der Waals surface area (Å²) in [7, 11) is 0. The Kier molecular flexibility index (Phi) is 5.48. The van der Waals surface area contributed by atoms with Crippen LogP contribution in [0.2, 0.25) is 0 Å². The molecule has 4 rings (SSSR count). The molecule has 0 N–H and O–H groups in total. The first kappa shape index (κ1) is 22.3. The van der Waals surface area contributed by atoms with Gasteiger partial charge in [-0.15, -0.1) is 0 Å². The highest BCUT2D eigenvalue weighted by molar-refractivity contribution is 5.78. The van der Waals surface area contributed by atoms with Crippen LogP contribution in [0, 0.1) is 28.6 Å². The van der Waals surface area contributed by atoms with E-state index < -0.39 is 36.5 Å². The standard InChI is InChI=1S/C24H34O7/c1-12-17-15(24(6)9-7-8-23(4,5)11-24)10-16(28-13(2)25)18-19(17)22(30-20(12)27)31-21(18)29-14(3)26/h12,16,18-19,21-22H,7-11H2,1-6H3. The zero-order chi connectivity index (χ0) is 22.7. The number of rotatable bonds is 3. The van der Waals surface area contributed by atoms with Crippen molar-refractivity contribution in [1.82, 2.24) is 0 Å². The van der Waals surface area contributed by atoms with Crippen LogP contribution in [0.15, 0.2) is 11.1 Å². The van der Waals surface area contributed by atoms with Gasteiger partial charge in [0.1, 0.15) is 6.10 Å². The highest BCUT2D eigenvalue weighted by Gasteiger charge is 2.62. The van der Waals surface area contributed by atoms with Gasteiger partial charge in [0, 0.05) is 20.3 Å². The zero-order valence-electron chi connectivity index (χ0n) is 19.4. The lowest BCUT2D eigenvalue weighted by molar-refractivity contribution is -0.221. The van der Waals surface area contributed by atoms with Crippen molar-refractivity contribution in [3.8, 4) is 0 Å². The van der Waals surface area contributed by atoms with Crippen LogP contribution in [-0.4, -0.2) is 36.6 Å². The maximum Gasteiger partial charge on any atom is 0.315 e. The minimum Gasteiger partial charge on any atom is -0.462 e. The molecule has 2 aliphatic carbocycles. The summed E-state index contributed by atoms with van der Waals surface area (Å²) < 4.78 is 22.7. The van der Waals surface area contributed by atoms with Crippen LogP contribution in [0.1, 0.15) is 73.6 Å². The molecule has 0 radical (unpaired) electrons. The summed E-state index contributed by atoms with van der Waals surface area (Å²) in [6.07, 6.45) is 2.59. The number of esters is 3. The van der Waals surface area contributed by atoms with Crippen molar-refractivity contribution < 1.29 is 33.3 Å². The maximum atomic E-state index is 12.8. The Bertz CT molecular complexity index is 828. The van der Waals surface area contributed by atoms with Crippen molar-refractivity contribution in [3.05, 3.63) is 11.1 Å². The van der Waals surface area contributed by atoms with Crippen molar-refractivity contribution in [2.24, 2.45) is 28.6 Å². The summed E-state index contributed by atoms with van der Waals surface area (Å²) in [5.74, 6) is -2.27. The van der Waals surface area contributed by atoms with E-state index in [0.29, 0.717) is 6.42 Å². The molecular formula is C24H34O7. The number of carbonyl (C=O) groups excluding carboxylic acids is 3. The molecule has 0 aromatic carbocycles. The van der Waals surface area contributed by atoms with E-state index in [0.717, 1.165) is 24.8 Å². The van der Waals surface area contributed by atoms with Gasteiger partial charge in [-0.1, -0.05) is 32.8 Å². The molecule has 7 unspecified atom stereocenters. The van der Waals surface area contributed by atoms with Crippen LogP contribution in [0.5, 0.6) is 0 Å². The van der Waals surface area contributed by atoms with E-state index in [4.69, 9.17) is 18.9 Å². The van der Waals surface area contributed by atoms with Crippen LogP contribution in [0.4, 0.5) is 0 Å². The molecule has 0 aromatic rings. The molecule has 0 aromatic heterocycles. The first-order valence-corrected chi connectivity index (χ1v) is 11.4. The summed E-state index contributed by atoms with van der Waals surface area (Å²) in [6.45, 7) is 11.5. The molecule has 0 bridgehead atoms. The van der Waals surface area contributed by atoms with Crippen LogP contribution in [-0.2, 0) is 33.3 Å². The fourth-order valence-corrected chi connectivity index (χ4v) is 6.72. The third-order valence-corrected chi connectivity index (χ3v) is 7.66. The smallest absolute Gasteiger partial charge is 0.315 e. The van der Waals surface area contributed by atoms with Crippen molar-refractivity contribution >= 4 is 17.9 Å². The summed E-state index contributed by atoms with van der Waals surface area (Å²) >= 11 is 0. The Morgan fingerprint density at radius 3 is 2.35 bits per heavy atom. The fourth-order valence-electron chi connectivity index (χ4n) is 6.72. The molecule has 3 fully saturated rings. The van der Waals surface area contributed by atoms with Gasteiger partial charge < -0.3 is 18.9 Å². The minimum absolute atomic E-state index is 0.101. The Labute approximate surface area is 183 Å². The molecule has 2 aliphatic heterocycles. The van der Waals surface area contributed by atoms with Gasteiger partial charge in [0.05, 0.1) is 17.8 Å². The average Bonchev–Trinajstić information content (AvgIpc) is 2.96. The molecule has 1 saturated carbocycles. The molecule has 0 spiro atoms. The predicted molar refractivity (Wildman–Crippen MR) is 110 cm³/mol. The number of hydrogen-bond acceptors (Lipinski definition) is 7. The lowest BCUT2D eigenvalue weighted by Crippen LogP contribution is -2.49. The van der Waals surface area contributed by atoms with Gasteiger partial charge in [-0.25, -0.2) is 0 Å². The molecule has 172 valence electrons. The van der Waals surface area contributed by atoms with Crippen LogP contribution in [0.3, 0.4) is 0 Å². The van der Waals surface area contributed by atoms with Crippen LogP contribution < -0.4 is 0 Å². The largest absolute Gasteiger partial charge is 0.462 e. The van der Waals surface area contributed by atoms with Crippen LogP contribution in [0.25, 0.3) is 0 Å². The van der Waals surface area contributed by atoms with E-state index in [2.05, 4.69) is 20.8 Å². The SMILES string of the molecule is CC(=O)OC1CC(C2(C)CCCC(C)(C)C2)=C2C(C)C(=O)OC3OC(OC(C)=O)C1C23. The van der Waals surface area contributed by atoms with E-state index in [9.17, 15) is 14.4 Å². The molecule has 7 heteroatoms. The Morgan fingerprint density at radius 1 is 1.06 bits per heavy atom. The number of carbonyl (C=O) groups is 3. The topological polar surface area (TPSA) is 88.1 Å². The van der Waals surface area contributed by atoms with E-state index in [1.807, 2.05) is 6.92 Å². The van der Waals surface area contributed by atoms with Crippen molar-refractivity contribution in [2.45, 2.75) is 92.3 Å². The molecule has 0 amide bonds. The molecule has 2 heterocycles. The van der Waals surface area contributed by atoms with E-state index >= 15 is 0 Å². The molecule has 7 atom stereocenters. The lowest BCUT2D eigenvalue weighted by atomic mass is 9.56. The van der Waals surface area contributed by atoms with Gasteiger partial charge in [-0.05, 0) is 42.6 Å². The fraction of sp³-hybridized carbons (Fsp3) is 0.792. The second kappa shape index (κ2) is 7.61. The highest BCUT2D eigenvalue weighted by atomic mass is 16.8. The van der Waals surface area contributed by atoms with Gasteiger partial charge in [-0.3, -0.25) is 14.4 Å². The van der Waals surface area contributed by atoms with Crippen molar-refractivity contribution in [2.75, 3.05) is 0 Å². The second-order valence-electron chi connectivity index (χ2n) is 10.8. The third-order valence-electron chi connectivity index (χ3n) is 7.66. The van der Waals surface area contributed by atoms with Gasteiger partial charge in [0.15, 0.2) is 0 Å². The number of hydrogen-bond donors (Lipinski definition) is 0. The van der Waals surface area contributed by atoms with Gasteiger partial charge in [0.2, 0.25) is 12.6 Å². The van der Waals surface area contributed by atoms with E-state index in [-0.39, 0.29) is 28.7 Å². The quantitative estimate of drug-likeness (QED) is 0.378. The Morgan fingerprint density at radius 2 is 1.74 bits per heavy atom.